The Balaban J connectivity index is 0.000000267. The van der Waals surface area contributed by atoms with Crippen molar-refractivity contribution in [3.63, 3.8) is 0 Å². The number of unbranched alkanes of at least 4 members (excludes halogenated alkanes) is 4. The molecule has 2 fully saturated rings. The third-order valence-electron chi connectivity index (χ3n) is 9.74. The topological polar surface area (TPSA) is 29.5 Å². The highest BCUT2D eigenvalue weighted by Gasteiger charge is 2.58. The van der Waals surface area contributed by atoms with Crippen molar-refractivity contribution in [2.24, 2.45) is 11.8 Å². The molecule has 0 spiro atoms. The maximum Gasteiger partial charge on any atom is 0.475 e. The number of benzene rings is 2. The van der Waals surface area contributed by atoms with E-state index < -0.39 is 45.7 Å². The fraction of sp³-hybridized carbons (Fsp3) is 0.667. The molecule has 2 aliphatic carbocycles. The van der Waals surface area contributed by atoms with Crippen LogP contribution in [0.25, 0.3) is 0 Å². The van der Waals surface area contributed by atoms with Crippen molar-refractivity contribution in [2.75, 3.05) is 0 Å². The minimum atomic E-state index is -5.02. The molecule has 0 aliphatic heterocycles. The van der Waals surface area contributed by atoms with Crippen molar-refractivity contribution < 1.29 is 45.0 Å². The number of rotatable bonds is 13. The molecule has 2 saturated carbocycles. The molecular formula is C36H47BrF8O2. The molecule has 0 aromatic heterocycles. The zero-order valence-electron chi connectivity index (χ0n) is 27.2. The first-order valence-corrected chi connectivity index (χ1v) is 17.8. The van der Waals surface area contributed by atoms with Gasteiger partial charge in [-0.2, -0.15) is 26.3 Å². The van der Waals surface area contributed by atoms with Gasteiger partial charge < -0.3 is 9.84 Å². The second-order valence-corrected chi connectivity index (χ2v) is 14.1. The van der Waals surface area contributed by atoms with E-state index in [0.29, 0.717) is 24.3 Å². The van der Waals surface area contributed by atoms with Crippen molar-refractivity contribution in [3.8, 4) is 11.5 Å². The van der Waals surface area contributed by atoms with Crippen LogP contribution in [0.5, 0.6) is 11.5 Å². The molecule has 2 nitrogen and oxygen atoms in total. The number of phenolic OH excluding ortho intramolecular Hbond substituents is 1. The first kappa shape index (κ1) is 39.4. The normalized spacial score (nSPS) is 22.0. The molecule has 4 rings (SSSR count). The van der Waals surface area contributed by atoms with Gasteiger partial charge in [-0.05, 0) is 98.3 Å². The zero-order valence-corrected chi connectivity index (χ0v) is 28.8. The van der Waals surface area contributed by atoms with Crippen molar-refractivity contribution in [1.29, 1.82) is 0 Å². The molecule has 0 radical (unpaired) electrons. The Kier molecular flexibility index (Phi) is 15.2. The quantitative estimate of drug-likeness (QED) is 0.126. The largest absolute Gasteiger partial charge is 0.505 e. The van der Waals surface area contributed by atoms with Gasteiger partial charge in [-0.15, -0.1) is 0 Å². The fourth-order valence-electron chi connectivity index (χ4n) is 6.90. The molecule has 2 aliphatic rings. The Labute approximate surface area is 281 Å². The van der Waals surface area contributed by atoms with E-state index in [1.807, 2.05) is 0 Å². The third-order valence-corrected chi connectivity index (χ3v) is 10.2. The van der Waals surface area contributed by atoms with Crippen LogP contribution in [0.1, 0.15) is 140 Å². The van der Waals surface area contributed by atoms with E-state index >= 15 is 0 Å². The third kappa shape index (κ3) is 11.0. The van der Waals surface area contributed by atoms with Gasteiger partial charge >= 0.3 is 10.9 Å². The van der Waals surface area contributed by atoms with E-state index in [2.05, 4.69) is 18.6 Å². The lowest BCUT2D eigenvalue weighted by molar-refractivity contribution is -0.267. The summed E-state index contributed by atoms with van der Waals surface area (Å²) in [6.45, 7) is 4.34. The molecule has 0 heterocycles. The van der Waals surface area contributed by atoms with E-state index in [1.165, 1.54) is 60.2 Å². The van der Waals surface area contributed by atoms with E-state index in [1.54, 1.807) is 0 Å². The number of phenols is 1. The molecular weight excluding hydrogens is 696 g/mol. The molecule has 0 atom stereocenters. The second-order valence-electron chi connectivity index (χ2n) is 13.1. The van der Waals surface area contributed by atoms with Gasteiger partial charge in [-0.25, -0.2) is 8.78 Å². The van der Waals surface area contributed by atoms with Crippen LogP contribution in [-0.2, 0) is 0 Å². The van der Waals surface area contributed by atoms with E-state index in [-0.39, 0.29) is 17.4 Å². The van der Waals surface area contributed by atoms with Crippen LogP contribution < -0.4 is 4.74 Å². The monoisotopic (exact) mass is 742 g/mol. The number of halogens is 9. The molecule has 47 heavy (non-hydrogen) atoms. The Morgan fingerprint density at radius 3 is 1.49 bits per heavy atom. The second kappa shape index (κ2) is 18.1. The Bertz CT molecular complexity index is 1250. The lowest BCUT2D eigenvalue weighted by Crippen LogP contribution is -2.40. The Morgan fingerprint density at radius 1 is 0.638 bits per heavy atom. The number of aromatic hydroxyl groups is 1. The lowest BCUT2D eigenvalue weighted by atomic mass is 9.77. The first-order valence-electron chi connectivity index (χ1n) is 17.0. The highest BCUT2D eigenvalue weighted by atomic mass is 79.9. The number of hydrogen-bond donors (Lipinski definition) is 1. The first-order chi connectivity index (χ1) is 22.2. The maximum atomic E-state index is 14.4. The van der Waals surface area contributed by atoms with Crippen LogP contribution in [0.15, 0.2) is 24.3 Å². The minimum Gasteiger partial charge on any atom is -0.505 e. The maximum absolute atomic E-state index is 14.4. The Morgan fingerprint density at radius 2 is 1.06 bits per heavy atom. The van der Waals surface area contributed by atoms with E-state index in [9.17, 15) is 40.2 Å². The summed E-state index contributed by atoms with van der Waals surface area (Å²) in [5, 5.41) is 9.17. The molecule has 0 unspecified atom stereocenters. The van der Waals surface area contributed by atoms with E-state index in [4.69, 9.17) is 0 Å². The summed E-state index contributed by atoms with van der Waals surface area (Å²) in [7, 11) is 0. The summed E-state index contributed by atoms with van der Waals surface area (Å²) in [5.41, 5.74) is 0.521. The number of ether oxygens (including phenoxy) is 1. The molecule has 266 valence electrons. The summed E-state index contributed by atoms with van der Waals surface area (Å²) in [5.74, 6) is -5.57. The van der Waals surface area contributed by atoms with Crippen LogP contribution in [-0.4, -0.2) is 16.0 Å². The van der Waals surface area contributed by atoms with Gasteiger partial charge in [0.1, 0.15) is 0 Å². The predicted octanol–water partition coefficient (Wildman–Crippen LogP) is 13.3. The summed E-state index contributed by atoms with van der Waals surface area (Å²) in [6.07, 6.45) is 11.9. The predicted molar refractivity (Wildman–Crippen MR) is 172 cm³/mol. The number of hydrogen-bond acceptors (Lipinski definition) is 2. The summed E-state index contributed by atoms with van der Waals surface area (Å²) in [6, 6.07) is 4.74. The van der Waals surface area contributed by atoms with Crippen LogP contribution >= 0.6 is 15.9 Å². The standard InChI is InChI=1S/C19H23BrF6O.C17H24F2O/c1-2-3-4-5-12-6-8-13(9-7-12)14-10-11-15(17(22)16(14)21)27-19(25,26)18(20,23)24;1-2-3-4-5-12-6-8-13(9-7-12)14-10-11-15(20)17(19)16(14)18/h10-13H,2-9H2,1H3;10-13,20H,2-9H2,1H3. The van der Waals surface area contributed by atoms with Gasteiger partial charge in [0, 0.05) is 15.9 Å². The smallest absolute Gasteiger partial charge is 0.475 e. The average Bonchev–Trinajstić information content (AvgIpc) is 3.03. The average molecular weight is 744 g/mol. The highest BCUT2D eigenvalue weighted by molar-refractivity contribution is 9.10. The van der Waals surface area contributed by atoms with Crippen LogP contribution in [0.4, 0.5) is 35.1 Å². The summed E-state index contributed by atoms with van der Waals surface area (Å²) < 4.78 is 112. The molecule has 0 amide bonds. The fourth-order valence-corrected chi connectivity index (χ4v) is 6.98. The van der Waals surface area contributed by atoms with Gasteiger partial charge in [0.15, 0.2) is 23.1 Å². The molecule has 0 bridgehead atoms. The summed E-state index contributed by atoms with van der Waals surface area (Å²) >= 11 is 1.48. The lowest BCUT2D eigenvalue weighted by Gasteiger charge is -2.29. The van der Waals surface area contributed by atoms with Gasteiger partial charge in [0.05, 0.1) is 0 Å². The molecule has 2 aromatic carbocycles. The van der Waals surface area contributed by atoms with Crippen molar-refractivity contribution in [1.82, 2.24) is 0 Å². The SMILES string of the molecule is CCCCCC1CCC(c2ccc(O)c(F)c2F)CC1.CCCCCC1CCC(c2ccc(OC(F)(F)C(F)(F)Br)c(F)c2F)CC1. The van der Waals surface area contributed by atoms with Gasteiger partial charge in [0.2, 0.25) is 11.6 Å². The number of alkyl halides is 5. The van der Waals surface area contributed by atoms with Crippen molar-refractivity contribution >= 4 is 15.9 Å². The van der Waals surface area contributed by atoms with Crippen LogP contribution in [0, 0.1) is 35.1 Å². The van der Waals surface area contributed by atoms with Crippen molar-refractivity contribution in [3.05, 3.63) is 58.7 Å². The molecule has 1 N–H and O–H groups in total. The van der Waals surface area contributed by atoms with Gasteiger partial charge in [-0.1, -0.05) is 77.3 Å². The van der Waals surface area contributed by atoms with Gasteiger partial charge in [-0.3, -0.25) is 0 Å². The van der Waals surface area contributed by atoms with Crippen LogP contribution in [0.3, 0.4) is 0 Å². The van der Waals surface area contributed by atoms with Crippen LogP contribution in [0.2, 0.25) is 0 Å². The Hall–Kier alpha value is -2.04. The molecule has 2 aromatic rings. The zero-order chi connectivity index (χ0) is 34.8. The van der Waals surface area contributed by atoms with E-state index in [0.717, 1.165) is 75.8 Å². The van der Waals surface area contributed by atoms with Gasteiger partial charge in [0.25, 0.3) is 0 Å². The minimum absolute atomic E-state index is 0.0841. The summed E-state index contributed by atoms with van der Waals surface area (Å²) in [4.78, 5) is -4.71. The van der Waals surface area contributed by atoms with Crippen molar-refractivity contribution in [2.45, 2.75) is 139 Å². The molecule has 11 heteroatoms. The molecule has 0 saturated heterocycles. The highest BCUT2D eigenvalue weighted by Crippen LogP contribution is 2.44.